The van der Waals surface area contributed by atoms with E-state index in [2.05, 4.69) is 41.7 Å². The van der Waals surface area contributed by atoms with Crippen LogP contribution in [0.25, 0.3) is 0 Å². The van der Waals surface area contributed by atoms with E-state index < -0.39 is 0 Å². The minimum absolute atomic E-state index is 0.425. The lowest BCUT2D eigenvalue weighted by Gasteiger charge is -2.66. The molecule has 4 atom stereocenters. The number of hydrogen-bond acceptors (Lipinski definition) is 1. The molecule has 0 amide bonds. The van der Waals surface area contributed by atoms with Crippen LogP contribution >= 0.6 is 0 Å². The van der Waals surface area contributed by atoms with E-state index in [9.17, 15) is 0 Å². The zero-order valence-electron chi connectivity index (χ0n) is 11.4. The molecular weight excluding hydrogens is 230 g/mol. The topological polar surface area (TPSA) is 12.0 Å². The maximum absolute atomic E-state index is 3.85. The van der Waals surface area contributed by atoms with E-state index in [1.165, 1.54) is 38.6 Å². The van der Waals surface area contributed by atoms with Crippen LogP contribution in [-0.2, 0) is 11.8 Å². The molecule has 6 rings (SSSR count). The average Bonchev–Trinajstić information content (AvgIpc) is 2.47. The molecule has 1 spiro atoms. The second-order valence-corrected chi connectivity index (χ2v) is 7.10. The Bertz CT molecular complexity index is 575. The van der Waals surface area contributed by atoms with Gasteiger partial charge in [0.05, 0.1) is 0 Å². The summed E-state index contributed by atoms with van der Waals surface area (Å²) in [5.74, 6) is 0.840. The molecule has 0 aromatic heterocycles. The molecule has 1 heteroatoms. The summed E-state index contributed by atoms with van der Waals surface area (Å²) in [5.41, 5.74) is 4.19. The zero-order chi connectivity index (χ0) is 12.5. The van der Waals surface area contributed by atoms with Crippen molar-refractivity contribution in [3.63, 3.8) is 0 Å². The van der Waals surface area contributed by atoms with Crippen LogP contribution in [0.15, 0.2) is 36.4 Å². The van der Waals surface area contributed by atoms with Crippen molar-refractivity contribution in [2.24, 2.45) is 11.3 Å². The lowest BCUT2D eigenvalue weighted by Crippen LogP contribution is -2.68. The van der Waals surface area contributed by atoms with Crippen LogP contribution in [0.5, 0.6) is 0 Å². The summed E-state index contributed by atoms with van der Waals surface area (Å²) in [7, 11) is 0. The van der Waals surface area contributed by atoms with Crippen molar-refractivity contribution < 1.29 is 0 Å². The third kappa shape index (κ3) is 1.08. The Morgan fingerprint density at radius 1 is 1.16 bits per heavy atom. The molecular formula is C18H21N. The summed E-state index contributed by atoms with van der Waals surface area (Å²) < 4.78 is 0. The van der Waals surface area contributed by atoms with Crippen molar-refractivity contribution in [2.45, 2.75) is 43.6 Å². The smallest absolute Gasteiger partial charge is 0.0207 e. The highest BCUT2D eigenvalue weighted by atomic mass is 15.0. The van der Waals surface area contributed by atoms with E-state index in [0.29, 0.717) is 16.9 Å². The minimum Gasteiger partial charge on any atom is -0.313 e. The van der Waals surface area contributed by atoms with Gasteiger partial charge in [-0.2, -0.15) is 0 Å². The Balaban J connectivity index is 1.83. The maximum Gasteiger partial charge on any atom is 0.0207 e. The predicted molar refractivity (Wildman–Crippen MR) is 77.1 cm³/mol. The number of piperidine rings is 1. The average molecular weight is 251 g/mol. The van der Waals surface area contributed by atoms with Gasteiger partial charge in [-0.25, -0.2) is 0 Å². The molecule has 1 N–H and O–H groups in total. The molecule has 19 heavy (non-hydrogen) atoms. The van der Waals surface area contributed by atoms with Gasteiger partial charge >= 0.3 is 0 Å². The zero-order valence-corrected chi connectivity index (χ0v) is 11.4. The monoisotopic (exact) mass is 251 g/mol. The summed E-state index contributed by atoms with van der Waals surface area (Å²) in [6.45, 7) is 1.21. The molecule has 5 aliphatic rings. The standard InChI is InChI=1S/C18H21N/c1-2-4-15-14(3-1)11-16-17-7-5-13(6-8-17)12-18(15,17)9-10-19-16/h1-5,7,13,16,19H,6,8-12H2/t13-,16+,17+,18+/m0/s1. The number of allylic oxidation sites excluding steroid dienone is 1. The van der Waals surface area contributed by atoms with Crippen LogP contribution in [0.1, 0.15) is 36.8 Å². The fourth-order valence-corrected chi connectivity index (χ4v) is 5.85. The number of fused-ring (bicyclic) bond motifs is 2. The first-order valence-electron chi connectivity index (χ1n) is 7.85. The molecule has 1 aromatic rings. The molecule has 4 bridgehead atoms. The van der Waals surface area contributed by atoms with Gasteiger partial charge in [-0.1, -0.05) is 36.4 Å². The molecule has 2 fully saturated rings. The molecule has 4 aliphatic carbocycles. The van der Waals surface area contributed by atoms with Crippen LogP contribution in [0.3, 0.4) is 0 Å². The molecule has 0 radical (unpaired) electrons. The molecule has 1 nitrogen and oxygen atoms in total. The Morgan fingerprint density at radius 3 is 3.00 bits per heavy atom. The van der Waals surface area contributed by atoms with Crippen LogP contribution < -0.4 is 5.32 Å². The second kappa shape index (κ2) is 3.32. The van der Waals surface area contributed by atoms with Crippen molar-refractivity contribution in [2.75, 3.05) is 6.54 Å². The Morgan fingerprint density at radius 2 is 2.11 bits per heavy atom. The van der Waals surface area contributed by atoms with Gasteiger partial charge in [0.15, 0.2) is 0 Å². The van der Waals surface area contributed by atoms with Gasteiger partial charge in [0.25, 0.3) is 0 Å². The first-order chi connectivity index (χ1) is 9.34. The lowest BCUT2D eigenvalue weighted by molar-refractivity contribution is -0.0143. The highest BCUT2D eigenvalue weighted by Crippen LogP contribution is 2.65. The Hall–Kier alpha value is -1.08. The largest absolute Gasteiger partial charge is 0.313 e. The third-order valence-electron chi connectivity index (χ3n) is 6.62. The van der Waals surface area contributed by atoms with Crippen LogP contribution in [0.4, 0.5) is 0 Å². The van der Waals surface area contributed by atoms with Crippen molar-refractivity contribution in [1.82, 2.24) is 5.32 Å². The summed E-state index contributed by atoms with van der Waals surface area (Å²) >= 11 is 0. The van der Waals surface area contributed by atoms with Crippen molar-refractivity contribution in [3.8, 4) is 0 Å². The molecule has 98 valence electrons. The van der Waals surface area contributed by atoms with Gasteiger partial charge < -0.3 is 5.32 Å². The first kappa shape index (κ1) is 10.7. The van der Waals surface area contributed by atoms with Gasteiger partial charge in [0, 0.05) is 16.9 Å². The lowest BCUT2D eigenvalue weighted by atomic mass is 9.41. The quantitative estimate of drug-likeness (QED) is 0.698. The Labute approximate surface area is 115 Å². The molecule has 1 heterocycles. The highest BCUT2D eigenvalue weighted by Gasteiger charge is 2.63. The normalized spacial score (nSPS) is 45.7. The van der Waals surface area contributed by atoms with Gasteiger partial charge in [-0.3, -0.25) is 0 Å². The number of rotatable bonds is 0. The Kier molecular flexibility index (Phi) is 1.87. The van der Waals surface area contributed by atoms with Gasteiger partial charge in [0.1, 0.15) is 0 Å². The molecule has 1 saturated carbocycles. The number of benzene rings is 1. The molecule has 1 aromatic carbocycles. The van der Waals surface area contributed by atoms with Gasteiger partial charge in [-0.05, 0) is 55.7 Å². The van der Waals surface area contributed by atoms with Gasteiger partial charge in [-0.15, -0.1) is 0 Å². The van der Waals surface area contributed by atoms with E-state index in [-0.39, 0.29) is 0 Å². The van der Waals surface area contributed by atoms with E-state index in [1.54, 1.807) is 11.1 Å². The predicted octanol–water partition coefficient (Wildman–Crippen LogP) is 3.20. The fraction of sp³-hybridized carbons (Fsp3) is 0.556. The first-order valence-corrected chi connectivity index (χ1v) is 7.85. The van der Waals surface area contributed by atoms with E-state index in [0.717, 1.165) is 5.92 Å². The van der Waals surface area contributed by atoms with Gasteiger partial charge in [0.2, 0.25) is 0 Å². The van der Waals surface area contributed by atoms with Crippen molar-refractivity contribution >= 4 is 0 Å². The second-order valence-electron chi connectivity index (χ2n) is 7.10. The molecule has 0 unspecified atom stereocenters. The summed E-state index contributed by atoms with van der Waals surface area (Å²) in [6, 6.07) is 9.97. The van der Waals surface area contributed by atoms with Crippen molar-refractivity contribution in [3.05, 3.63) is 47.5 Å². The van der Waals surface area contributed by atoms with Crippen LogP contribution in [0, 0.1) is 11.3 Å². The highest BCUT2D eigenvalue weighted by molar-refractivity contribution is 5.47. The number of nitrogens with one attached hydrogen (secondary N) is 1. The third-order valence-corrected chi connectivity index (χ3v) is 6.62. The molecule has 1 aliphatic heterocycles. The summed E-state index contributed by atoms with van der Waals surface area (Å²) in [4.78, 5) is 0. The molecule has 1 saturated heterocycles. The summed E-state index contributed by atoms with van der Waals surface area (Å²) in [6.07, 6.45) is 11.9. The van der Waals surface area contributed by atoms with Crippen LogP contribution in [-0.4, -0.2) is 12.6 Å². The maximum atomic E-state index is 3.85. The van der Waals surface area contributed by atoms with Crippen molar-refractivity contribution in [1.29, 1.82) is 0 Å². The SMILES string of the molecule is C1=C[C@]23CC[C@H]1C[C@@]21CCN[C@@H]3Cc2ccccc21. The summed E-state index contributed by atoms with van der Waals surface area (Å²) in [5, 5.41) is 3.85. The number of hydrogen-bond donors (Lipinski definition) is 1. The van der Waals surface area contributed by atoms with Crippen LogP contribution in [0.2, 0.25) is 0 Å². The fourth-order valence-electron chi connectivity index (χ4n) is 5.85. The minimum atomic E-state index is 0.425. The van der Waals surface area contributed by atoms with E-state index in [4.69, 9.17) is 0 Å². The van der Waals surface area contributed by atoms with E-state index >= 15 is 0 Å². The van der Waals surface area contributed by atoms with E-state index in [1.807, 2.05) is 0 Å².